The molecular weight excluding hydrogens is 492 g/mol. The number of benzene rings is 3. The Kier molecular flexibility index (Phi) is 5.46. The number of anilines is 1. The molecule has 0 aliphatic carbocycles. The molecule has 8 heteroatoms. The van der Waals surface area contributed by atoms with E-state index < -0.39 is 35.8 Å². The Labute approximate surface area is 217 Å². The van der Waals surface area contributed by atoms with E-state index in [1.807, 2.05) is 41.4 Å². The molecular formula is C29H21ClN2O5. The summed E-state index contributed by atoms with van der Waals surface area (Å²) in [6, 6.07) is 19.1. The van der Waals surface area contributed by atoms with Crippen LogP contribution < -0.4 is 9.64 Å². The largest absolute Gasteiger partial charge is 0.427 e. The number of amides is 2. The number of imide groups is 1. The lowest BCUT2D eigenvalue weighted by Crippen LogP contribution is -2.44. The molecule has 184 valence electrons. The number of ether oxygens (including phenoxy) is 1. The molecule has 2 saturated heterocycles. The fraction of sp³-hybridized carbons (Fsp3) is 0.172. The third-order valence-corrected chi connectivity index (χ3v) is 7.47. The van der Waals surface area contributed by atoms with Crippen molar-refractivity contribution in [2.24, 2.45) is 11.8 Å². The zero-order chi connectivity index (χ0) is 25.8. The van der Waals surface area contributed by atoms with Gasteiger partial charge in [-0.05, 0) is 65.7 Å². The lowest BCUT2D eigenvalue weighted by Gasteiger charge is -2.35. The number of hydrogen-bond donors (Lipinski definition) is 0. The number of rotatable bonds is 4. The Hall–Kier alpha value is -4.23. The van der Waals surface area contributed by atoms with Crippen LogP contribution in [0.2, 0.25) is 5.02 Å². The maximum absolute atomic E-state index is 13.9. The van der Waals surface area contributed by atoms with Gasteiger partial charge in [-0.15, -0.1) is 0 Å². The summed E-state index contributed by atoms with van der Waals surface area (Å²) < 4.78 is 5.08. The van der Waals surface area contributed by atoms with Gasteiger partial charge in [-0.25, -0.2) is 4.90 Å². The highest BCUT2D eigenvalue weighted by Gasteiger charge is 2.64. The van der Waals surface area contributed by atoms with E-state index in [9.17, 15) is 19.2 Å². The van der Waals surface area contributed by atoms with Gasteiger partial charge in [0.15, 0.2) is 5.78 Å². The minimum absolute atomic E-state index is 0.244. The van der Waals surface area contributed by atoms with Crippen LogP contribution in [0.25, 0.3) is 6.08 Å². The number of ketones is 1. The molecule has 4 atom stereocenters. The maximum atomic E-state index is 13.9. The van der Waals surface area contributed by atoms with Crippen molar-refractivity contribution in [3.05, 3.63) is 101 Å². The lowest BCUT2D eigenvalue weighted by atomic mass is 9.83. The highest BCUT2D eigenvalue weighted by Crippen LogP contribution is 2.53. The molecule has 2 fully saturated rings. The number of esters is 1. The van der Waals surface area contributed by atoms with Crippen LogP contribution in [0.15, 0.2) is 79.0 Å². The maximum Gasteiger partial charge on any atom is 0.308 e. The second-order valence-corrected chi connectivity index (χ2v) is 9.74. The molecule has 0 saturated carbocycles. The van der Waals surface area contributed by atoms with Crippen LogP contribution >= 0.6 is 11.6 Å². The first-order chi connectivity index (χ1) is 17.8. The number of nitrogens with zero attached hydrogens (tertiary/aromatic N) is 2. The molecule has 0 bridgehead atoms. The van der Waals surface area contributed by atoms with Crippen LogP contribution in [0.5, 0.6) is 5.75 Å². The van der Waals surface area contributed by atoms with Crippen molar-refractivity contribution in [3.8, 4) is 5.75 Å². The van der Waals surface area contributed by atoms with Gasteiger partial charge in [0, 0.05) is 23.7 Å². The van der Waals surface area contributed by atoms with Gasteiger partial charge in [0.1, 0.15) is 11.8 Å². The number of halogens is 1. The summed E-state index contributed by atoms with van der Waals surface area (Å²) in [7, 11) is 0. The molecule has 3 aromatic rings. The quantitative estimate of drug-likeness (QED) is 0.219. The zero-order valence-corrected chi connectivity index (χ0v) is 20.5. The van der Waals surface area contributed by atoms with E-state index in [0.29, 0.717) is 22.0 Å². The van der Waals surface area contributed by atoms with E-state index in [1.54, 1.807) is 36.4 Å². The molecule has 0 aromatic heterocycles. The van der Waals surface area contributed by atoms with Crippen LogP contribution in [-0.2, 0) is 14.4 Å². The highest BCUT2D eigenvalue weighted by molar-refractivity contribution is 6.30. The highest BCUT2D eigenvalue weighted by atomic mass is 35.5. The Morgan fingerprint density at radius 2 is 1.54 bits per heavy atom. The number of hydrogen-bond acceptors (Lipinski definition) is 6. The molecule has 0 N–H and O–H groups in total. The topological polar surface area (TPSA) is 84.0 Å². The molecule has 0 spiro atoms. The average molecular weight is 513 g/mol. The van der Waals surface area contributed by atoms with Crippen molar-refractivity contribution in [3.63, 3.8) is 0 Å². The summed E-state index contributed by atoms with van der Waals surface area (Å²) in [5, 5.41) is 0.501. The van der Waals surface area contributed by atoms with Crippen molar-refractivity contribution < 1.29 is 23.9 Å². The van der Waals surface area contributed by atoms with E-state index in [4.69, 9.17) is 16.3 Å². The van der Waals surface area contributed by atoms with Gasteiger partial charge >= 0.3 is 5.97 Å². The minimum atomic E-state index is -0.871. The summed E-state index contributed by atoms with van der Waals surface area (Å²) in [5.41, 5.74) is 2.64. The van der Waals surface area contributed by atoms with Gasteiger partial charge in [-0.2, -0.15) is 0 Å². The summed E-state index contributed by atoms with van der Waals surface area (Å²) in [4.78, 5) is 56.0. The molecule has 3 heterocycles. The number of Topliss-reactive ketones (excluding diaryl/α,β-unsaturated/α-hetero) is 1. The van der Waals surface area contributed by atoms with E-state index in [2.05, 4.69) is 0 Å². The van der Waals surface area contributed by atoms with Crippen LogP contribution in [-0.4, -0.2) is 34.5 Å². The predicted molar refractivity (Wildman–Crippen MR) is 137 cm³/mol. The van der Waals surface area contributed by atoms with Crippen molar-refractivity contribution in [1.82, 2.24) is 4.90 Å². The molecule has 6 rings (SSSR count). The summed E-state index contributed by atoms with van der Waals surface area (Å²) in [5.74, 6) is -2.80. The predicted octanol–water partition coefficient (Wildman–Crippen LogP) is 4.66. The van der Waals surface area contributed by atoms with Gasteiger partial charge < -0.3 is 9.64 Å². The first-order valence-corrected chi connectivity index (χ1v) is 12.2. The summed E-state index contributed by atoms with van der Waals surface area (Å²) in [6.07, 6.45) is 3.73. The fourth-order valence-electron chi connectivity index (χ4n) is 5.73. The van der Waals surface area contributed by atoms with Crippen molar-refractivity contribution >= 4 is 46.9 Å². The molecule has 3 aliphatic heterocycles. The van der Waals surface area contributed by atoms with Crippen molar-refractivity contribution in [2.45, 2.75) is 19.0 Å². The fourth-order valence-corrected chi connectivity index (χ4v) is 5.85. The van der Waals surface area contributed by atoms with E-state index in [0.717, 1.165) is 16.0 Å². The Morgan fingerprint density at radius 1 is 0.865 bits per heavy atom. The second kappa shape index (κ2) is 8.71. The minimum Gasteiger partial charge on any atom is -0.427 e. The lowest BCUT2D eigenvalue weighted by molar-refractivity contribution is -0.132. The molecule has 3 aromatic carbocycles. The van der Waals surface area contributed by atoms with Crippen molar-refractivity contribution in [2.75, 3.05) is 4.90 Å². The van der Waals surface area contributed by atoms with Gasteiger partial charge in [0.2, 0.25) is 11.8 Å². The van der Waals surface area contributed by atoms with Gasteiger partial charge in [0.25, 0.3) is 0 Å². The van der Waals surface area contributed by atoms with Gasteiger partial charge in [-0.1, -0.05) is 35.9 Å². The first-order valence-electron chi connectivity index (χ1n) is 11.9. The Bertz CT molecular complexity index is 1480. The van der Waals surface area contributed by atoms with Crippen LogP contribution in [0.4, 0.5) is 5.69 Å². The van der Waals surface area contributed by atoms with Crippen LogP contribution in [0.3, 0.4) is 0 Å². The summed E-state index contributed by atoms with van der Waals surface area (Å²) in [6.45, 7) is 1.29. The number of fused-ring (bicyclic) bond motifs is 5. The van der Waals surface area contributed by atoms with Gasteiger partial charge in [0.05, 0.1) is 23.6 Å². The number of carbonyl (C=O) groups is 4. The van der Waals surface area contributed by atoms with Crippen LogP contribution in [0, 0.1) is 11.8 Å². The Morgan fingerprint density at radius 3 is 2.24 bits per heavy atom. The molecule has 37 heavy (non-hydrogen) atoms. The molecule has 0 unspecified atom stereocenters. The third-order valence-electron chi connectivity index (χ3n) is 7.22. The standard InChI is InChI=1S/C29H21ClN2O5/c1-16(33)37-21-12-10-20(11-13-21)32-28(35)23-24(29(32)36)26(27(34)18-6-8-19(30)9-7-18)31-15-14-17-4-2-3-5-22(17)25(23)31/h2-15,23-26H,1H3/t23-,24+,25-,26-/m0/s1. The number of carbonyl (C=O) groups excluding carboxylic acids is 4. The van der Waals surface area contributed by atoms with Crippen LogP contribution in [0.1, 0.15) is 34.5 Å². The Balaban J connectivity index is 1.44. The van der Waals surface area contributed by atoms with Gasteiger partial charge in [-0.3, -0.25) is 19.2 Å². The van der Waals surface area contributed by atoms with E-state index >= 15 is 0 Å². The first kappa shape index (κ1) is 23.2. The zero-order valence-electron chi connectivity index (χ0n) is 19.7. The van der Waals surface area contributed by atoms with Crippen molar-refractivity contribution in [1.29, 1.82) is 0 Å². The smallest absolute Gasteiger partial charge is 0.308 e. The van der Waals surface area contributed by atoms with E-state index in [-0.39, 0.29) is 11.7 Å². The second-order valence-electron chi connectivity index (χ2n) is 9.30. The monoisotopic (exact) mass is 512 g/mol. The molecule has 2 amide bonds. The molecule has 7 nitrogen and oxygen atoms in total. The van der Waals surface area contributed by atoms with E-state index in [1.165, 1.54) is 19.1 Å². The summed E-state index contributed by atoms with van der Waals surface area (Å²) >= 11 is 6.03. The average Bonchev–Trinajstić information content (AvgIpc) is 3.37. The normalized spacial score (nSPS) is 23.5. The third kappa shape index (κ3) is 3.65. The molecule has 0 radical (unpaired) electrons. The SMILES string of the molecule is CC(=O)Oc1ccc(N2C(=O)[C@@H]3[C@H](C2=O)[C@@H]2c4ccccc4C=CN2[C@@H]3C(=O)c2ccc(Cl)cc2)cc1. The molecule has 3 aliphatic rings.